The number of nitrogens with zero attached hydrogens (tertiary/aromatic N) is 8. The van der Waals surface area contributed by atoms with E-state index in [9.17, 15) is 24.4 Å². The van der Waals surface area contributed by atoms with Gasteiger partial charge in [0.05, 0.1) is 41.0 Å². The van der Waals surface area contributed by atoms with Gasteiger partial charge in [0.25, 0.3) is 11.5 Å². The van der Waals surface area contributed by atoms with E-state index in [4.69, 9.17) is 4.74 Å². The third-order valence-electron chi connectivity index (χ3n) is 12.4. The highest BCUT2D eigenvalue weighted by Crippen LogP contribution is 2.30. The molecule has 16 heteroatoms. The molecule has 4 aliphatic heterocycles. The number of likely N-dealkylation sites (tertiary alicyclic amines) is 1. The number of piperazine rings is 1. The first-order valence-corrected chi connectivity index (χ1v) is 20.6. The van der Waals surface area contributed by atoms with E-state index in [1.807, 2.05) is 17.0 Å². The number of piperidine rings is 3. The van der Waals surface area contributed by atoms with Gasteiger partial charge in [0.1, 0.15) is 18.1 Å². The van der Waals surface area contributed by atoms with Crippen molar-refractivity contribution in [3.63, 3.8) is 0 Å². The fraction of sp³-hybridized carbons (Fsp3) is 0.488. The molecular formula is C43H49FN10O5. The van der Waals surface area contributed by atoms with Crippen molar-refractivity contribution in [1.82, 2.24) is 40.2 Å². The van der Waals surface area contributed by atoms with Crippen molar-refractivity contribution in [1.29, 1.82) is 5.26 Å². The van der Waals surface area contributed by atoms with Crippen LogP contribution in [0.3, 0.4) is 0 Å². The minimum Gasteiger partial charge on any atom is -0.477 e. The molecule has 59 heavy (non-hydrogen) atoms. The predicted molar refractivity (Wildman–Crippen MR) is 217 cm³/mol. The molecule has 4 unspecified atom stereocenters. The van der Waals surface area contributed by atoms with Crippen LogP contribution in [0.5, 0.6) is 5.88 Å². The molecule has 4 atom stereocenters. The molecule has 2 aromatic carbocycles. The van der Waals surface area contributed by atoms with Crippen molar-refractivity contribution in [2.45, 2.75) is 63.6 Å². The van der Waals surface area contributed by atoms with E-state index < -0.39 is 23.3 Å². The lowest BCUT2D eigenvalue weighted by atomic mass is 9.87. The number of hydrogen-bond acceptors (Lipinski definition) is 13. The number of ether oxygens (including phenoxy) is 1. The second-order valence-corrected chi connectivity index (χ2v) is 16.2. The Morgan fingerprint density at radius 3 is 2.58 bits per heavy atom. The van der Waals surface area contributed by atoms with Crippen LogP contribution in [0.25, 0.3) is 22.2 Å². The molecule has 308 valence electrons. The van der Waals surface area contributed by atoms with Crippen LogP contribution < -0.4 is 25.8 Å². The lowest BCUT2D eigenvalue weighted by molar-refractivity contribution is -0.136. The Balaban J connectivity index is 0.810. The number of fused-ring (bicyclic) bond motifs is 1. The minimum atomic E-state index is -0.916. The van der Waals surface area contributed by atoms with Crippen molar-refractivity contribution in [3.8, 4) is 23.3 Å². The minimum absolute atomic E-state index is 0.0376. The zero-order chi connectivity index (χ0) is 41.0. The number of benzene rings is 2. The van der Waals surface area contributed by atoms with Gasteiger partial charge < -0.3 is 19.7 Å². The van der Waals surface area contributed by atoms with Gasteiger partial charge in [0.15, 0.2) is 5.82 Å². The van der Waals surface area contributed by atoms with Crippen molar-refractivity contribution < 1.29 is 23.5 Å². The maximum absolute atomic E-state index is 15.7. The highest BCUT2D eigenvalue weighted by Gasteiger charge is 2.35. The first-order valence-electron chi connectivity index (χ1n) is 20.6. The molecule has 0 aliphatic carbocycles. The average molecular weight is 805 g/mol. The summed E-state index contributed by atoms with van der Waals surface area (Å²) in [4.78, 5) is 65.8. The molecule has 2 N–H and O–H groups in total. The van der Waals surface area contributed by atoms with Gasteiger partial charge >= 0.3 is 0 Å². The second-order valence-electron chi connectivity index (χ2n) is 16.2. The number of carbonyl (C=O) groups is 3. The van der Waals surface area contributed by atoms with E-state index in [1.165, 1.54) is 6.07 Å². The number of hydrogen-bond donors (Lipinski definition) is 2. The van der Waals surface area contributed by atoms with Crippen LogP contribution in [0.4, 0.5) is 10.1 Å². The SMILES string of the molecule is Cc1nn(C2CCC(=O)NC2=O)c(=O)c2cc(F)c(N3CCN(CC4CCN(C(C=O)C5CC(COc6ccnc(-c7cccc(C#N)c7)n6)CCN5)CC4)CC3)cc12. The second kappa shape index (κ2) is 17.7. The molecule has 4 fully saturated rings. The standard InChI is InChI=1S/C43H49FN10O5/c1-27-32-22-37(34(44)21-33(32)43(58)54(50-27)36-5-6-39(56)48-42(36)57)53-17-15-51(16-18-53)24-28-9-13-52(14-10-28)38(25-55)35-20-30(7-11-46-35)26-59-40-8-12-47-41(49-40)31-4-2-3-29(19-31)23-45/h2-4,8,12,19,21-22,25,28,30,35-36,38,46H,5-7,9-11,13-18,20,24,26H2,1H3,(H,48,56,57). The maximum atomic E-state index is 15.7. The summed E-state index contributed by atoms with van der Waals surface area (Å²) < 4.78 is 22.9. The molecule has 15 nitrogen and oxygen atoms in total. The molecule has 0 spiro atoms. The van der Waals surface area contributed by atoms with Gasteiger partial charge in [-0.2, -0.15) is 15.3 Å². The number of aryl methyl sites for hydroxylation is 1. The van der Waals surface area contributed by atoms with Crippen LogP contribution in [-0.4, -0.2) is 119 Å². The zero-order valence-corrected chi connectivity index (χ0v) is 33.2. The molecule has 4 aliphatic rings. The third kappa shape index (κ3) is 8.87. The molecule has 4 saturated heterocycles. The lowest BCUT2D eigenvalue weighted by Crippen LogP contribution is -2.56. The number of aromatic nitrogens is 4. The maximum Gasteiger partial charge on any atom is 0.275 e. The summed E-state index contributed by atoms with van der Waals surface area (Å²) in [6.45, 7) is 8.54. The van der Waals surface area contributed by atoms with E-state index in [0.717, 1.165) is 81.5 Å². The Morgan fingerprint density at radius 1 is 1.00 bits per heavy atom. The number of carbonyl (C=O) groups excluding carboxylic acids is 3. The first-order chi connectivity index (χ1) is 28.7. The highest BCUT2D eigenvalue weighted by atomic mass is 19.1. The average Bonchev–Trinajstić information content (AvgIpc) is 3.26. The Bertz CT molecular complexity index is 2320. The van der Waals surface area contributed by atoms with Crippen molar-refractivity contribution in [3.05, 3.63) is 76.1 Å². The first kappa shape index (κ1) is 40.2. The van der Waals surface area contributed by atoms with Gasteiger partial charge in [0.2, 0.25) is 11.8 Å². The van der Waals surface area contributed by atoms with Crippen LogP contribution in [0.1, 0.15) is 55.8 Å². The van der Waals surface area contributed by atoms with E-state index in [2.05, 4.69) is 41.6 Å². The zero-order valence-electron chi connectivity index (χ0n) is 33.2. The number of aldehydes is 1. The summed E-state index contributed by atoms with van der Waals surface area (Å²) in [5, 5.41) is 20.2. The molecule has 0 radical (unpaired) electrons. The van der Waals surface area contributed by atoms with Crippen molar-refractivity contribution >= 4 is 34.6 Å². The van der Waals surface area contributed by atoms with Gasteiger partial charge in [-0.1, -0.05) is 12.1 Å². The number of halogens is 1. The van der Waals surface area contributed by atoms with Gasteiger partial charge in [-0.05, 0) is 94.8 Å². The number of rotatable bonds is 11. The van der Waals surface area contributed by atoms with E-state index in [0.29, 0.717) is 59.6 Å². The smallest absolute Gasteiger partial charge is 0.275 e. The molecule has 2 amide bonds. The van der Waals surface area contributed by atoms with Gasteiger partial charge in [-0.3, -0.25) is 29.5 Å². The van der Waals surface area contributed by atoms with E-state index in [1.54, 1.807) is 37.4 Å². The Labute approximate surface area is 341 Å². The Morgan fingerprint density at radius 2 is 1.81 bits per heavy atom. The largest absolute Gasteiger partial charge is 0.477 e. The predicted octanol–water partition coefficient (Wildman–Crippen LogP) is 3.00. The van der Waals surface area contributed by atoms with Crippen molar-refractivity contribution in [2.24, 2.45) is 11.8 Å². The van der Waals surface area contributed by atoms with Crippen LogP contribution in [0.2, 0.25) is 0 Å². The van der Waals surface area contributed by atoms with Gasteiger partial charge in [-0.25, -0.2) is 14.1 Å². The number of imide groups is 1. The number of nitrogens with one attached hydrogen (secondary N) is 2. The Kier molecular flexibility index (Phi) is 12.0. The molecule has 4 aromatic rings. The van der Waals surface area contributed by atoms with Crippen molar-refractivity contribution in [2.75, 3.05) is 63.9 Å². The summed E-state index contributed by atoms with van der Waals surface area (Å²) in [6, 6.07) is 12.9. The van der Waals surface area contributed by atoms with Crippen LogP contribution in [-0.2, 0) is 14.4 Å². The van der Waals surface area contributed by atoms with Crippen LogP contribution >= 0.6 is 0 Å². The third-order valence-corrected chi connectivity index (χ3v) is 12.4. The summed E-state index contributed by atoms with van der Waals surface area (Å²) in [5.41, 5.74) is 1.68. The molecule has 0 bridgehead atoms. The fourth-order valence-corrected chi connectivity index (χ4v) is 9.13. The van der Waals surface area contributed by atoms with Crippen LogP contribution in [0.15, 0.2) is 53.5 Å². The van der Waals surface area contributed by atoms with E-state index >= 15 is 4.39 Å². The quantitative estimate of drug-likeness (QED) is 0.167. The lowest BCUT2D eigenvalue weighted by Gasteiger charge is -2.43. The molecular weight excluding hydrogens is 756 g/mol. The summed E-state index contributed by atoms with van der Waals surface area (Å²) in [5.74, 6) is 0.304. The fourth-order valence-electron chi connectivity index (χ4n) is 9.13. The number of nitriles is 1. The van der Waals surface area contributed by atoms with Crippen LogP contribution in [0, 0.1) is 35.9 Å². The van der Waals surface area contributed by atoms with Gasteiger partial charge in [-0.15, -0.1) is 0 Å². The summed E-state index contributed by atoms with van der Waals surface area (Å²) >= 11 is 0. The molecule has 2 aromatic heterocycles. The number of anilines is 1. The molecule has 6 heterocycles. The molecule has 8 rings (SSSR count). The van der Waals surface area contributed by atoms with Gasteiger partial charge in [0, 0.05) is 68.4 Å². The summed E-state index contributed by atoms with van der Waals surface area (Å²) in [7, 11) is 0. The summed E-state index contributed by atoms with van der Waals surface area (Å²) in [6.07, 6.45) is 6.80. The highest BCUT2D eigenvalue weighted by molar-refractivity contribution is 5.99. The normalized spacial score (nSPS) is 22.8. The molecule has 0 saturated carbocycles. The monoisotopic (exact) mass is 804 g/mol. The number of amides is 2. The topological polar surface area (TPSA) is 179 Å². The van der Waals surface area contributed by atoms with E-state index in [-0.39, 0.29) is 42.1 Å². The Hall–Kier alpha value is -5.63.